The molecule has 1 aromatic heterocycles. The Morgan fingerprint density at radius 3 is 2.86 bits per heavy atom. The number of halogens is 1. The number of benzene rings is 1. The third-order valence-electron chi connectivity index (χ3n) is 4.71. The Bertz CT molecular complexity index is 823. The number of carbonyl (C=O) groups excluding carboxylic acids is 1. The molecule has 2 aromatic rings. The maximum atomic E-state index is 12.8. The molecule has 1 aliphatic rings. The van der Waals surface area contributed by atoms with Crippen molar-refractivity contribution in [2.24, 2.45) is 4.99 Å². The number of fused-ring (bicyclic) bond motifs is 1. The first-order chi connectivity index (χ1) is 13.7. The van der Waals surface area contributed by atoms with Crippen molar-refractivity contribution in [2.75, 3.05) is 31.1 Å². The van der Waals surface area contributed by atoms with Gasteiger partial charge in [0.15, 0.2) is 5.96 Å². The standard InChI is InChI=1S/C21H29N5OS.HI/c1-3-17-14-24-19(28-17)11-12-23-21(22-4-2)25-15-20(27)26-13-7-9-16-8-5-6-10-18(16)26;/h5-6,8,10,14H,3-4,7,9,11-13,15H2,1-2H3,(H2,22,23,25);1H. The first kappa shape index (κ1) is 23.6. The van der Waals surface area contributed by atoms with Crippen molar-refractivity contribution in [3.8, 4) is 0 Å². The summed E-state index contributed by atoms with van der Waals surface area (Å²) in [5.74, 6) is 0.713. The number of aryl methyl sites for hydroxylation is 2. The van der Waals surface area contributed by atoms with E-state index in [0.29, 0.717) is 5.96 Å². The number of rotatable bonds is 7. The van der Waals surface area contributed by atoms with Gasteiger partial charge in [-0.25, -0.2) is 9.98 Å². The monoisotopic (exact) mass is 527 g/mol. The van der Waals surface area contributed by atoms with E-state index in [1.54, 1.807) is 11.3 Å². The van der Waals surface area contributed by atoms with Crippen molar-refractivity contribution in [1.82, 2.24) is 15.6 Å². The molecule has 0 unspecified atom stereocenters. The van der Waals surface area contributed by atoms with Crippen LogP contribution in [0.2, 0.25) is 0 Å². The summed E-state index contributed by atoms with van der Waals surface area (Å²) in [7, 11) is 0. The molecule has 0 atom stereocenters. The van der Waals surface area contributed by atoms with Gasteiger partial charge >= 0.3 is 0 Å². The van der Waals surface area contributed by atoms with E-state index in [1.807, 2.05) is 36.2 Å². The van der Waals surface area contributed by atoms with Crippen LogP contribution in [0.15, 0.2) is 35.5 Å². The van der Waals surface area contributed by atoms with Crippen LogP contribution in [-0.2, 0) is 24.1 Å². The smallest absolute Gasteiger partial charge is 0.248 e. The molecule has 3 rings (SSSR count). The van der Waals surface area contributed by atoms with E-state index < -0.39 is 0 Å². The number of para-hydroxylation sites is 1. The van der Waals surface area contributed by atoms with Crippen LogP contribution in [0.3, 0.4) is 0 Å². The lowest BCUT2D eigenvalue weighted by atomic mass is 10.0. The average Bonchev–Trinajstić information content (AvgIpc) is 3.19. The van der Waals surface area contributed by atoms with Gasteiger partial charge in [-0.3, -0.25) is 4.79 Å². The minimum atomic E-state index is 0. The number of anilines is 1. The molecule has 1 amide bonds. The molecule has 0 saturated heterocycles. The van der Waals surface area contributed by atoms with Crippen LogP contribution >= 0.6 is 35.3 Å². The van der Waals surface area contributed by atoms with Crippen molar-refractivity contribution in [3.05, 3.63) is 45.9 Å². The first-order valence-corrected chi connectivity index (χ1v) is 10.9. The number of aliphatic imine (C=N–C) groups is 1. The van der Waals surface area contributed by atoms with Crippen molar-refractivity contribution < 1.29 is 4.79 Å². The van der Waals surface area contributed by atoms with E-state index in [1.165, 1.54) is 10.4 Å². The van der Waals surface area contributed by atoms with Crippen LogP contribution < -0.4 is 15.5 Å². The molecule has 0 aliphatic carbocycles. The lowest BCUT2D eigenvalue weighted by molar-refractivity contribution is -0.117. The topological polar surface area (TPSA) is 69.6 Å². The van der Waals surface area contributed by atoms with Gasteiger partial charge < -0.3 is 15.5 Å². The second-order valence-corrected chi connectivity index (χ2v) is 7.92. The largest absolute Gasteiger partial charge is 0.357 e. The van der Waals surface area contributed by atoms with E-state index in [4.69, 9.17) is 0 Å². The zero-order valence-electron chi connectivity index (χ0n) is 17.1. The molecule has 0 saturated carbocycles. The molecule has 0 radical (unpaired) electrons. The van der Waals surface area contributed by atoms with Crippen molar-refractivity contribution in [3.63, 3.8) is 0 Å². The molecule has 1 aliphatic heterocycles. The van der Waals surface area contributed by atoms with Crippen molar-refractivity contribution in [1.29, 1.82) is 0 Å². The van der Waals surface area contributed by atoms with Gasteiger partial charge in [0.2, 0.25) is 5.91 Å². The van der Waals surface area contributed by atoms with Crippen LogP contribution in [0.1, 0.15) is 35.7 Å². The highest BCUT2D eigenvalue weighted by Crippen LogP contribution is 2.26. The van der Waals surface area contributed by atoms with Gasteiger partial charge in [0.1, 0.15) is 6.54 Å². The van der Waals surface area contributed by atoms with Gasteiger partial charge in [-0.05, 0) is 37.8 Å². The summed E-state index contributed by atoms with van der Waals surface area (Å²) in [5.41, 5.74) is 2.27. The zero-order valence-corrected chi connectivity index (χ0v) is 20.3. The van der Waals surface area contributed by atoms with Gasteiger partial charge in [0.25, 0.3) is 0 Å². The third kappa shape index (κ3) is 6.67. The van der Waals surface area contributed by atoms with E-state index in [0.717, 1.165) is 56.0 Å². The molecular weight excluding hydrogens is 497 g/mol. The Balaban J connectivity index is 0.00000300. The summed E-state index contributed by atoms with van der Waals surface area (Å²) in [6.07, 6.45) is 5.86. The van der Waals surface area contributed by atoms with Crippen LogP contribution in [0.25, 0.3) is 0 Å². The molecular formula is C21H30IN5OS. The Morgan fingerprint density at radius 2 is 2.10 bits per heavy atom. The Hall–Kier alpha value is -1.68. The number of hydrogen-bond donors (Lipinski definition) is 2. The molecule has 2 heterocycles. The van der Waals surface area contributed by atoms with E-state index in [9.17, 15) is 4.79 Å². The number of aromatic nitrogens is 1. The molecule has 0 fully saturated rings. The summed E-state index contributed by atoms with van der Waals surface area (Å²) >= 11 is 1.76. The predicted octanol–water partition coefficient (Wildman–Crippen LogP) is 3.40. The number of nitrogens with one attached hydrogen (secondary N) is 2. The number of amides is 1. The van der Waals surface area contributed by atoms with Crippen LogP contribution in [-0.4, -0.2) is 43.0 Å². The van der Waals surface area contributed by atoms with Gasteiger partial charge in [-0.2, -0.15) is 0 Å². The molecule has 0 bridgehead atoms. The zero-order chi connectivity index (χ0) is 19.8. The quantitative estimate of drug-likeness (QED) is 0.329. The van der Waals surface area contributed by atoms with Crippen LogP contribution in [0.4, 0.5) is 5.69 Å². The average molecular weight is 527 g/mol. The van der Waals surface area contributed by atoms with Crippen molar-refractivity contribution >= 4 is 52.9 Å². The minimum Gasteiger partial charge on any atom is -0.357 e. The lowest BCUT2D eigenvalue weighted by Crippen LogP contribution is -2.41. The minimum absolute atomic E-state index is 0. The SMILES string of the molecule is CCNC(=NCC(=O)N1CCCc2ccccc21)NCCc1ncc(CC)s1.I. The number of carbonyl (C=O) groups is 1. The molecule has 0 spiro atoms. The van der Waals surface area contributed by atoms with Gasteiger partial charge in [-0.1, -0.05) is 25.1 Å². The summed E-state index contributed by atoms with van der Waals surface area (Å²) in [6, 6.07) is 8.15. The van der Waals surface area contributed by atoms with Crippen molar-refractivity contribution in [2.45, 2.75) is 39.5 Å². The Morgan fingerprint density at radius 1 is 1.28 bits per heavy atom. The number of hydrogen-bond acceptors (Lipinski definition) is 4. The number of thiazole rings is 1. The summed E-state index contributed by atoms with van der Waals surface area (Å²) in [4.78, 5) is 24.9. The summed E-state index contributed by atoms with van der Waals surface area (Å²) in [5, 5.41) is 7.65. The maximum Gasteiger partial charge on any atom is 0.248 e. The van der Waals surface area contributed by atoms with E-state index in [2.05, 4.69) is 33.6 Å². The van der Waals surface area contributed by atoms with E-state index in [-0.39, 0.29) is 36.4 Å². The van der Waals surface area contributed by atoms with Crippen LogP contribution in [0.5, 0.6) is 0 Å². The van der Waals surface area contributed by atoms with Gasteiger partial charge in [0, 0.05) is 42.8 Å². The van der Waals surface area contributed by atoms with Gasteiger partial charge in [0.05, 0.1) is 5.01 Å². The second kappa shape index (κ2) is 12.1. The number of nitrogens with zero attached hydrogens (tertiary/aromatic N) is 3. The molecule has 1 aromatic carbocycles. The fourth-order valence-corrected chi connectivity index (χ4v) is 4.14. The number of guanidine groups is 1. The normalized spacial score (nSPS) is 13.4. The van der Waals surface area contributed by atoms with Crippen LogP contribution in [0, 0.1) is 0 Å². The molecule has 6 nitrogen and oxygen atoms in total. The van der Waals surface area contributed by atoms with Gasteiger partial charge in [-0.15, -0.1) is 35.3 Å². The maximum absolute atomic E-state index is 12.8. The molecule has 2 N–H and O–H groups in total. The molecule has 8 heteroatoms. The summed E-state index contributed by atoms with van der Waals surface area (Å²) < 4.78 is 0. The highest BCUT2D eigenvalue weighted by molar-refractivity contribution is 14.0. The Kier molecular flexibility index (Phi) is 9.86. The third-order valence-corrected chi connectivity index (χ3v) is 5.91. The highest BCUT2D eigenvalue weighted by Gasteiger charge is 2.21. The molecule has 158 valence electrons. The lowest BCUT2D eigenvalue weighted by Gasteiger charge is -2.29. The predicted molar refractivity (Wildman–Crippen MR) is 132 cm³/mol. The fraction of sp³-hybridized carbons (Fsp3) is 0.476. The first-order valence-electron chi connectivity index (χ1n) is 10.0. The molecule has 29 heavy (non-hydrogen) atoms. The highest BCUT2D eigenvalue weighted by atomic mass is 127. The second-order valence-electron chi connectivity index (χ2n) is 6.72. The van der Waals surface area contributed by atoms with E-state index >= 15 is 0 Å². The fourth-order valence-electron chi connectivity index (χ4n) is 3.28. The Labute approximate surface area is 194 Å². The summed E-state index contributed by atoms with van der Waals surface area (Å²) in [6.45, 7) is 6.56.